The third-order valence-corrected chi connectivity index (χ3v) is 1.41. The highest BCUT2D eigenvalue weighted by molar-refractivity contribution is 5.81. The Labute approximate surface area is 78.1 Å². The van der Waals surface area contributed by atoms with E-state index < -0.39 is 0 Å². The largest absolute Gasteiger partial charge is 0.466 e. The summed E-state index contributed by atoms with van der Waals surface area (Å²) in [6.07, 6.45) is 9.80. The number of allylic oxidation sites excluding steroid dienone is 3. The standard InChI is InChI=1S/C10H14O3/c1-13-10(12)8-6-4-2-3-5-7-9-11/h5-9H,2-4H2,1H3/b7-5+,8-6+. The molecule has 0 aliphatic rings. The van der Waals surface area contributed by atoms with Gasteiger partial charge in [-0.25, -0.2) is 4.79 Å². The molecule has 3 heteroatoms. The second-order valence-electron chi connectivity index (χ2n) is 2.42. The highest BCUT2D eigenvalue weighted by Gasteiger charge is 1.88. The van der Waals surface area contributed by atoms with Crippen molar-refractivity contribution in [2.24, 2.45) is 0 Å². The third-order valence-electron chi connectivity index (χ3n) is 1.41. The van der Waals surface area contributed by atoms with Gasteiger partial charge in [0.15, 0.2) is 0 Å². The van der Waals surface area contributed by atoms with Gasteiger partial charge in [-0.1, -0.05) is 12.2 Å². The van der Waals surface area contributed by atoms with E-state index in [0.717, 1.165) is 25.5 Å². The Morgan fingerprint density at radius 3 is 2.62 bits per heavy atom. The topological polar surface area (TPSA) is 43.4 Å². The van der Waals surface area contributed by atoms with E-state index in [9.17, 15) is 9.59 Å². The highest BCUT2D eigenvalue weighted by Crippen LogP contribution is 1.97. The molecule has 72 valence electrons. The summed E-state index contributed by atoms with van der Waals surface area (Å²) in [5.74, 6) is -0.330. The molecule has 0 fully saturated rings. The van der Waals surface area contributed by atoms with Crippen LogP contribution in [0.2, 0.25) is 0 Å². The number of hydrogen-bond acceptors (Lipinski definition) is 3. The molecule has 0 saturated carbocycles. The molecule has 0 spiro atoms. The van der Waals surface area contributed by atoms with E-state index in [4.69, 9.17) is 0 Å². The fourth-order valence-electron chi connectivity index (χ4n) is 0.753. The summed E-state index contributed by atoms with van der Waals surface area (Å²) >= 11 is 0. The number of methoxy groups -OCH3 is 1. The molecule has 0 aromatic carbocycles. The fourth-order valence-corrected chi connectivity index (χ4v) is 0.753. The summed E-state index contributed by atoms with van der Waals surface area (Å²) < 4.78 is 4.41. The summed E-state index contributed by atoms with van der Waals surface area (Å²) in [7, 11) is 1.35. The number of unbranched alkanes of at least 4 members (excludes halogenated alkanes) is 2. The van der Waals surface area contributed by atoms with Crippen molar-refractivity contribution >= 4 is 12.3 Å². The minimum Gasteiger partial charge on any atom is -0.466 e. The van der Waals surface area contributed by atoms with Crippen LogP contribution in [-0.2, 0) is 14.3 Å². The van der Waals surface area contributed by atoms with Crippen molar-refractivity contribution in [3.63, 3.8) is 0 Å². The molecule has 0 N–H and O–H groups in total. The van der Waals surface area contributed by atoms with Crippen LogP contribution in [0.15, 0.2) is 24.3 Å². The van der Waals surface area contributed by atoms with E-state index in [-0.39, 0.29) is 5.97 Å². The lowest BCUT2D eigenvalue weighted by Crippen LogP contribution is -1.93. The lowest BCUT2D eigenvalue weighted by Gasteiger charge is -1.90. The molecule has 0 amide bonds. The summed E-state index contributed by atoms with van der Waals surface area (Å²) in [5, 5.41) is 0. The molecule has 3 nitrogen and oxygen atoms in total. The Kier molecular flexibility index (Phi) is 7.79. The number of hydrogen-bond donors (Lipinski definition) is 0. The number of aldehydes is 1. The second-order valence-corrected chi connectivity index (χ2v) is 2.42. The summed E-state index contributed by atoms with van der Waals surface area (Å²) in [6, 6.07) is 0. The maximum Gasteiger partial charge on any atom is 0.330 e. The van der Waals surface area contributed by atoms with Gasteiger partial charge in [0.05, 0.1) is 7.11 Å². The first kappa shape index (κ1) is 11.6. The van der Waals surface area contributed by atoms with E-state index in [1.54, 1.807) is 12.2 Å². The average Bonchev–Trinajstić information content (AvgIpc) is 2.16. The van der Waals surface area contributed by atoms with Crippen LogP contribution in [0.3, 0.4) is 0 Å². The van der Waals surface area contributed by atoms with Crippen molar-refractivity contribution in [3.05, 3.63) is 24.3 Å². The van der Waals surface area contributed by atoms with Gasteiger partial charge in [-0.2, -0.15) is 0 Å². The van der Waals surface area contributed by atoms with E-state index in [0.29, 0.717) is 0 Å². The molecular formula is C10H14O3. The lowest BCUT2D eigenvalue weighted by molar-refractivity contribution is -0.134. The van der Waals surface area contributed by atoms with Gasteiger partial charge in [-0.15, -0.1) is 0 Å². The molecule has 0 aliphatic heterocycles. The van der Waals surface area contributed by atoms with Crippen LogP contribution >= 0.6 is 0 Å². The molecule has 0 aromatic heterocycles. The summed E-state index contributed by atoms with van der Waals surface area (Å²) in [6.45, 7) is 0. The molecule has 13 heavy (non-hydrogen) atoms. The molecule has 0 heterocycles. The second kappa shape index (κ2) is 8.71. The smallest absolute Gasteiger partial charge is 0.330 e. The zero-order valence-corrected chi connectivity index (χ0v) is 7.73. The normalized spacial score (nSPS) is 10.8. The van der Waals surface area contributed by atoms with Crippen molar-refractivity contribution in [2.75, 3.05) is 7.11 Å². The van der Waals surface area contributed by atoms with E-state index in [1.165, 1.54) is 19.3 Å². The number of ether oxygens (including phenoxy) is 1. The van der Waals surface area contributed by atoms with Crippen LogP contribution in [0.4, 0.5) is 0 Å². The van der Waals surface area contributed by atoms with Crippen LogP contribution < -0.4 is 0 Å². The van der Waals surface area contributed by atoms with Crippen LogP contribution in [-0.4, -0.2) is 19.4 Å². The van der Waals surface area contributed by atoms with Crippen LogP contribution in [0.5, 0.6) is 0 Å². The predicted octanol–water partition coefficient (Wildman–Crippen LogP) is 1.64. The number of esters is 1. The Morgan fingerprint density at radius 1 is 1.31 bits per heavy atom. The van der Waals surface area contributed by atoms with Crippen LogP contribution in [0, 0.1) is 0 Å². The number of carbonyl (C=O) groups is 2. The molecule has 0 bridgehead atoms. The van der Waals surface area contributed by atoms with E-state index >= 15 is 0 Å². The van der Waals surface area contributed by atoms with Crippen molar-refractivity contribution in [2.45, 2.75) is 19.3 Å². The molecule has 0 atom stereocenters. The Bertz CT molecular complexity index is 204. The summed E-state index contributed by atoms with van der Waals surface area (Å²) in [4.78, 5) is 20.4. The lowest BCUT2D eigenvalue weighted by atomic mass is 10.2. The van der Waals surface area contributed by atoms with Gasteiger partial charge in [-0.3, -0.25) is 4.79 Å². The van der Waals surface area contributed by atoms with Crippen molar-refractivity contribution in [3.8, 4) is 0 Å². The maximum absolute atomic E-state index is 10.6. The van der Waals surface area contributed by atoms with E-state index in [2.05, 4.69) is 4.74 Å². The van der Waals surface area contributed by atoms with Gasteiger partial charge in [0, 0.05) is 6.08 Å². The quantitative estimate of drug-likeness (QED) is 0.271. The Morgan fingerprint density at radius 2 is 2.00 bits per heavy atom. The van der Waals surface area contributed by atoms with Gasteiger partial charge >= 0.3 is 5.97 Å². The first-order chi connectivity index (χ1) is 6.31. The fraction of sp³-hybridized carbons (Fsp3) is 0.400. The molecule has 0 saturated heterocycles. The van der Waals surface area contributed by atoms with Gasteiger partial charge in [0.25, 0.3) is 0 Å². The predicted molar refractivity (Wildman–Crippen MR) is 50.2 cm³/mol. The summed E-state index contributed by atoms with van der Waals surface area (Å²) in [5.41, 5.74) is 0. The molecule has 0 aromatic rings. The zero-order valence-electron chi connectivity index (χ0n) is 7.73. The SMILES string of the molecule is COC(=O)/C=C/CCC/C=C/C=O. The monoisotopic (exact) mass is 182 g/mol. The minimum atomic E-state index is -0.330. The van der Waals surface area contributed by atoms with Crippen molar-refractivity contribution in [1.29, 1.82) is 0 Å². The van der Waals surface area contributed by atoms with Gasteiger partial charge in [0.1, 0.15) is 6.29 Å². The highest BCUT2D eigenvalue weighted by atomic mass is 16.5. The van der Waals surface area contributed by atoms with E-state index in [1.807, 2.05) is 0 Å². The molecular weight excluding hydrogens is 168 g/mol. The molecule has 0 aliphatic carbocycles. The molecule has 0 rings (SSSR count). The van der Waals surface area contributed by atoms with Gasteiger partial charge in [0.2, 0.25) is 0 Å². The average molecular weight is 182 g/mol. The zero-order chi connectivity index (χ0) is 9.94. The number of carbonyl (C=O) groups excluding carboxylic acids is 2. The minimum absolute atomic E-state index is 0.330. The first-order valence-electron chi connectivity index (χ1n) is 4.16. The first-order valence-corrected chi connectivity index (χ1v) is 4.16. The maximum atomic E-state index is 10.6. The third kappa shape index (κ3) is 8.53. The molecule has 0 radical (unpaired) electrons. The van der Waals surface area contributed by atoms with Gasteiger partial charge < -0.3 is 4.74 Å². The Hall–Kier alpha value is -1.38. The van der Waals surface area contributed by atoms with Crippen LogP contribution in [0.1, 0.15) is 19.3 Å². The van der Waals surface area contributed by atoms with Crippen LogP contribution in [0.25, 0.3) is 0 Å². The Balaban J connectivity index is 3.34. The molecule has 0 unspecified atom stereocenters. The van der Waals surface area contributed by atoms with Crippen molar-refractivity contribution in [1.82, 2.24) is 0 Å². The number of rotatable bonds is 6. The van der Waals surface area contributed by atoms with Gasteiger partial charge in [-0.05, 0) is 25.3 Å². The van der Waals surface area contributed by atoms with Crippen molar-refractivity contribution < 1.29 is 14.3 Å².